The molecule has 0 aromatic carbocycles. The van der Waals surface area contributed by atoms with E-state index in [1.807, 2.05) is 0 Å². The van der Waals surface area contributed by atoms with E-state index in [2.05, 4.69) is 22.0 Å². The summed E-state index contributed by atoms with van der Waals surface area (Å²) in [6.07, 6.45) is 0. The minimum absolute atomic E-state index is 0. The van der Waals surface area contributed by atoms with E-state index in [4.69, 9.17) is 57.4 Å². The maximum absolute atomic E-state index is 9.10. The van der Waals surface area contributed by atoms with E-state index < -0.39 is 31.0 Å². The van der Waals surface area contributed by atoms with Crippen LogP contribution in [0.1, 0.15) is 0 Å². The van der Waals surface area contributed by atoms with E-state index in [-0.39, 0.29) is 17.1 Å². The van der Waals surface area contributed by atoms with Crippen LogP contribution in [0.3, 0.4) is 0 Å². The van der Waals surface area contributed by atoms with Gasteiger partial charge in [-0.2, -0.15) is 0 Å². The van der Waals surface area contributed by atoms with Crippen molar-refractivity contribution in [2.45, 2.75) is 0 Å². The van der Waals surface area contributed by atoms with Gasteiger partial charge in [-0.3, -0.25) is 0 Å². The van der Waals surface area contributed by atoms with Crippen LogP contribution in [0.5, 0.6) is 0 Å². The van der Waals surface area contributed by atoms with E-state index in [0.29, 0.717) is 0 Å². The van der Waals surface area contributed by atoms with E-state index >= 15 is 0 Å². The molecule has 16 nitrogen and oxygen atoms in total. The van der Waals surface area contributed by atoms with Gasteiger partial charge in [0, 0.05) is 17.1 Å². The summed E-state index contributed by atoms with van der Waals surface area (Å²) < 4.78 is 36.4. The van der Waals surface area contributed by atoms with Gasteiger partial charge in [0.05, 0.1) is 0 Å². The summed E-state index contributed by atoms with van der Waals surface area (Å²) in [4.78, 5) is 59.3. The molecule has 21 heteroatoms. The molecule has 139 valence electrons. The maximum Gasteiger partial charge on any atom is 0.397 e. The average Bonchev–Trinajstić information content (AvgIpc) is 1.62. The van der Waals surface area contributed by atoms with Crippen LogP contribution in [0.15, 0.2) is 0 Å². The molecule has 0 heterocycles. The zero-order chi connectivity index (χ0) is 18.0. The molecule has 0 bridgehead atoms. The van der Waals surface area contributed by atoms with Crippen molar-refractivity contribution in [1.82, 2.24) is 0 Å². The summed E-state index contributed by atoms with van der Waals surface area (Å²) in [5.41, 5.74) is 16.1. The Balaban J connectivity index is -0.0000000533. The van der Waals surface area contributed by atoms with Crippen molar-refractivity contribution in [2.75, 3.05) is 0 Å². The third-order valence-corrected chi connectivity index (χ3v) is 0. The van der Waals surface area contributed by atoms with Crippen molar-refractivity contribution in [1.29, 1.82) is 0 Å². The van der Waals surface area contributed by atoms with Gasteiger partial charge in [-0.25, -0.2) is 40.3 Å². The van der Waals surface area contributed by atoms with Crippen molar-refractivity contribution in [3.05, 3.63) is 0 Å². The van der Waals surface area contributed by atoms with Crippen LogP contribution >= 0.6 is 31.0 Å². The zero-order valence-corrected chi connectivity index (χ0v) is 14.1. The van der Waals surface area contributed by atoms with Crippen molar-refractivity contribution in [3.63, 3.8) is 0 Å². The molecule has 0 unspecified atom stereocenters. The first-order valence-corrected chi connectivity index (χ1v) is 10.1. The van der Waals surface area contributed by atoms with Gasteiger partial charge in [-0.05, 0) is 0 Å². The number of hydrogen-bond acceptors (Lipinski definition) is 4. The molecule has 0 saturated heterocycles. The molecule has 0 spiro atoms. The normalized spacial score (nSPS) is 11.2. The quantitative estimate of drug-likeness (QED) is 0.124. The Labute approximate surface area is 128 Å². The molecule has 0 rings (SSSR count). The predicted octanol–water partition coefficient (Wildman–Crippen LogP) is -3.85. The van der Waals surface area contributed by atoms with Crippen LogP contribution in [0.2, 0.25) is 0 Å². The minimum atomic E-state index is -4.14. The molecule has 0 aliphatic carbocycles. The van der Waals surface area contributed by atoms with Gasteiger partial charge in [-0.1, -0.05) is 0 Å². The van der Waals surface area contributed by atoms with Gasteiger partial charge < -0.3 is 39.1 Å². The van der Waals surface area contributed by atoms with Crippen LogP contribution in [0.4, 0.5) is 0 Å². The fraction of sp³-hybridized carbons (Fsp3) is 0. The molecule has 0 fully saturated rings. The second-order valence-electron chi connectivity index (χ2n) is 2.36. The monoisotopic (exact) mass is 451 g/mol. The molecule has 16 N–H and O–H groups in total. The smallest absolute Gasteiger partial charge is 0.313 e. The van der Waals surface area contributed by atoms with Gasteiger partial charge >= 0.3 is 31.0 Å². The molecule has 1 radical (unpaired) electrons. The van der Waals surface area contributed by atoms with Crippen molar-refractivity contribution >= 4 is 31.0 Å². The minimum Gasteiger partial charge on any atom is -0.313 e. The summed E-state index contributed by atoms with van der Waals surface area (Å²) in [6, 6.07) is 0. The first-order chi connectivity index (χ1) is 8.00. The summed E-state index contributed by atoms with van der Waals surface area (Å²) >= 11 is 0. The topological polar surface area (TPSA) is 334 Å². The van der Waals surface area contributed by atoms with Gasteiger partial charge in [0.25, 0.3) is 0 Å². The Hall–Kier alpha value is 0.959. The average molecular weight is 452 g/mol. The first kappa shape index (κ1) is 33.5. The van der Waals surface area contributed by atoms with E-state index in [0.717, 1.165) is 0 Å². The molecule has 21 heavy (non-hydrogen) atoms. The standard InChI is InChI=1S/Cu.4H4NO3P/c;4*1-5(2,3)4/h;4*(H4,1,2,3,4). The second kappa shape index (κ2) is 13.4. The van der Waals surface area contributed by atoms with Gasteiger partial charge in [0.15, 0.2) is 0 Å². The molecule has 0 saturated carbocycles. The van der Waals surface area contributed by atoms with Gasteiger partial charge in [-0.15, -0.1) is 0 Å². The predicted molar refractivity (Wildman–Crippen MR) is 64.9 cm³/mol. The van der Waals surface area contributed by atoms with Crippen molar-refractivity contribution in [3.8, 4) is 0 Å². The van der Waals surface area contributed by atoms with Crippen molar-refractivity contribution < 1.29 is 74.5 Å². The third kappa shape index (κ3) is 8180. The maximum atomic E-state index is 9.10. The van der Waals surface area contributed by atoms with Crippen molar-refractivity contribution in [2.24, 2.45) is 22.0 Å². The molecule has 0 amide bonds. The van der Waals surface area contributed by atoms with E-state index in [1.54, 1.807) is 0 Å². The first-order valence-electron chi connectivity index (χ1n) is 3.36. The molecule has 0 aliphatic rings. The summed E-state index contributed by atoms with van der Waals surface area (Å²) in [6.45, 7) is 0. The molecule has 0 aromatic heterocycles. The summed E-state index contributed by atoms with van der Waals surface area (Å²) in [5, 5.41) is 0. The van der Waals surface area contributed by atoms with Crippen LogP contribution in [0.25, 0.3) is 0 Å². The molecule has 0 aromatic rings. The molecular formula is H16CuN4O12P4. The summed E-state index contributed by atoms with van der Waals surface area (Å²) in [5.74, 6) is 0. The largest absolute Gasteiger partial charge is 0.397 e. The van der Waals surface area contributed by atoms with Crippen LogP contribution < -0.4 is 22.0 Å². The number of hydrogen-bond donors (Lipinski definition) is 12. The number of nitrogens with two attached hydrogens (primary N) is 4. The van der Waals surface area contributed by atoms with Crippen LogP contribution in [-0.2, 0) is 35.3 Å². The fourth-order valence-corrected chi connectivity index (χ4v) is 0. The SMILES string of the molecule is NP(=O)(O)O.NP(=O)(O)O.NP(=O)(O)O.NP(=O)(O)O.[Cu]. The molecular weight excluding hydrogens is 435 g/mol. The zero-order valence-electron chi connectivity index (χ0n) is 9.61. The Morgan fingerprint density at radius 2 is 0.429 bits per heavy atom. The third-order valence-electron chi connectivity index (χ3n) is 0. The second-order valence-corrected chi connectivity index (χ2v) is 7.07. The van der Waals surface area contributed by atoms with E-state index in [1.165, 1.54) is 0 Å². The fourth-order valence-electron chi connectivity index (χ4n) is 0. The van der Waals surface area contributed by atoms with Crippen LogP contribution in [0, 0.1) is 0 Å². The Morgan fingerprint density at radius 3 is 0.429 bits per heavy atom. The van der Waals surface area contributed by atoms with Gasteiger partial charge in [0.2, 0.25) is 0 Å². The Morgan fingerprint density at radius 1 is 0.429 bits per heavy atom. The molecule has 0 aliphatic heterocycles. The number of rotatable bonds is 0. The summed E-state index contributed by atoms with van der Waals surface area (Å²) in [7, 11) is -16.6. The van der Waals surface area contributed by atoms with Crippen LogP contribution in [-0.4, -0.2) is 39.1 Å². The Kier molecular flexibility index (Phi) is 21.4. The molecule has 0 atom stereocenters. The van der Waals surface area contributed by atoms with E-state index in [9.17, 15) is 0 Å². The van der Waals surface area contributed by atoms with Gasteiger partial charge in [0.1, 0.15) is 0 Å². The Bertz CT molecular complexity index is 298.